The molecule has 0 saturated carbocycles. The lowest BCUT2D eigenvalue weighted by Gasteiger charge is -2.14. The zero-order valence-corrected chi connectivity index (χ0v) is 9.97. The van der Waals surface area contributed by atoms with Crippen molar-refractivity contribution >= 4 is 19.1 Å². The second-order valence-corrected chi connectivity index (χ2v) is 6.87. The lowest BCUT2D eigenvalue weighted by Crippen LogP contribution is -2.13. The Morgan fingerprint density at radius 1 is 1.00 bits per heavy atom. The highest BCUT2D eigenvalue weighted by Gasteiger charge is 2.29. The monoisotopic (exact) mass is 256 g/mol. The quantitative estimate of drug-likeness (QED) is 0.756. The fraction of sp³-hybridized carbons (Fsp3) is 0.273. The first kappa shape index (κ1) is 13.5. The number of carbonyl (C=O) groups is 2. The molecule has 0 amide bonds. The maximum absolute atomic E-state index is 12.2. The highest BCUT2D eigenvalue weighted by molar-refractivity contribution is 7.64. The van der Waals surface area contributed by atoms with Crippen LogP contribution in [0.25, 0.3) is 0 Å². The third kappa shape index (κ3) is 4.83. The van der Waals surface area contributed by atoms with Crippen molar-refractivity contribution in [2.24, 2.45) is 0 Å². The smallest absolute Gasteiger partial charge is 0.310 e. The minimum absolute atomic E-state index is 0.00639. The molecule has 1 aromatic carbocycles. The Bertz CT molecular complexity index is 434. The molecule has 5 nitrogen and oxygen atoms in total. The van der Waals surface area contributed by atoms with Crippen molar-refractivity contribution in [1.82, 2.24) is 0 Å². The van der Waals surface area contributed by atoms with Crippen LogP contribution in [0.2, 0.25) is 0 Å². The number of hydrogen-bond acceptors (Lipinski definition) is 3. The first-order valence-electron chi connectivity index (χ1n) is 4.96. The molecule has 92 valence electrons. The van der Waals surface area contributed by atoms with Gasteiger partial charge in [-0.05, 0) is 5.56 Å². The summed E-state index contributed by atoms with van der Waals surface area (Å²) in [6.45, 7) is 0. The maximum atomic E-state index is 12.2. The molecule has 0 spiro atoms. The van der Waals surface area contributed by atoms with Gasteiger partial charge in [0.1, 0.15) is 7.14 Å². The second-order valence-electron chi connectivity index (χ2n) is 3.81. The maximum Gasteiger partial charge on any atom is 0.310 e. The summed E-state index contributed by atoms with van der Waals surface area (Å²) in [7, 11) is -3.25. The molecule has 1 aromatic rings. The van der Waals surface area contributed by atoms with Crippen LogP contribution in [-0.2, 0) is 20.3 Å². The minimum atomic E-state index is -3.25. The van der Waals surface area contributed by atoms with E-state index in [1.165, 1.54) is 0 Å². The van der Waals surface area contributed by atoms with Crippen LogP contribution in [0.4, 0.5) is 0 Å². The Morgan fingerprint density at radius 3 is 1.88 bits per heavy atom. The zero-order valence-electron chi connectivity index (χ0n) is 9.07. The zero-order chi connectivity index (χ0) is 12.9. The lowest BCUT2D eigenvalue weighted by molar-refractivity contribution is -0.134. The number of hydrogen-bond donors (Lipinski definition) is 2. The van der Waals surface area contributed by atoms with Crippen molar-refractivity contribution in [3.63, 3.8) is 0 Å². The number of carboxylic acids is 2. The molecule has 0 radical (unpaired) electrons. The van der Waals surface area contributed by atoms with E-state index in [4.69, 9.17) is 10.2 Å². The molecule has 2 N–H and O–H groups in total. The van der Waals surface area contributed by atoms with Crippen LogP contribution in [0.5, 0.6) is 0 Å². The predicted octanol–water partition coefficient (Wildman–Crippen LogP) is 1.72. The molecule has 17 heavy (non-hydrogen) atoms. The fourth-order valence-electron chi connectivity index (χ4n) is 1.58. The van der Waals surface area contributed by atoms with Crippen LogP contribution in [0.1, 0.15) is 5.56 Å². The van der Waals surface area contributed by atoms with E-state index in [1.54, 1.807) is 30.3 Å². The van der Waals surface area contributed by atoms with Gasteiger partial charge >= 0.3 is 11.9 Å². The van der Waals surface area contributed by atoms with Gasteiger partial charge in [0.05, 0.1) is 12.3 Å². The van der Waals surface area contributed by atoms with Gasteiger partial charge in [-0.2, -0.15) is 0 Å². The van der Waals surface area contributed by atoms with E-state index in [1.807, 2.05) is 0 Å². The van der Waals surface area contributed by atoms with E-state index in [0.29, 0.717) is 5.56 Å². The SMILES string of the molecule is O=C(O)CP(=O)(CC(=O)O)Cc1ccccc1. The Labute approximate surface area is 98.5 Å². The highest BCUT2D eigenvalue weighted by atomic mass is 31.2. The average Bonchev–Trinajstić information content (AvgIpc) is 2.15. The molecule has 0 aliphatic carbocycles. The molecule has 0 saturated heterocycles. The normalized spacial score (nSPS) is 11.1. The minimum Gasteiger partial charge on any atom is -0.481 e. The summed E-state index contributed by atoms with van der Waals surface area (Å²) < 4.78 is 12.2. The first-order valence-corrected chi connectivity index (χ1v) is 7.22. The van der Waals surface area contributed by atoms with E-state index in [2.05, 4.69) is 0 Å². The summed E-state index contributed by atoms with van der Waals surface area (Å²) in [4.78, 5) is 21.2. The molecule has 0 aromatic heterocycles. The third-order valence-electron chi connectivity index (χ3n) is 2.16. The molecular weight excluding hydrogens is 243 g/mol. The van der Waals surface area contributed by atoms with Gasteiger partial charge in [-0.1, -0.05) is 30.3 Å². The summed E-state index contributed by atoms with van der Waals surface area (Å²) in [6, 6.07) is 8.66. The summed E-state index contributed by atoms with van der Waals surface area (Å²) in [5.74, 6) is -2.46. The summed E-state index contributed by atoms with van der Waals surface area (Å²) in [5.41, 5.74) is 0.693. The van der Waals surface area contributed by atoms with Gasteiger partial charge in [-0.3, -0.25) is 9.59 Å². The molecule has 0 bridgehead atoms. The molecule has 0 unspecified atom stereocenters. The Morgan fingerprint density at radius 2 is 1.47 bits per heavy atom. The largest absolute Gasteiger partial charge is 0.481 e. The number of carboxylic acid groups (broad SMARTS) is 2. The van der Waals surface area contributed by atoms with Crippen LogP contribution in [-0.4, -0.2) is 34.5 Å². The summed E-state index contributed by atoms with van der Waals surface area (Å²) >= 11 is 0. The van der Waals surface area contributed by atoms with Crippen molar-refractivity contribution in [1.29, 1.82) is 0 Å². The first-order chi connectivity index (χ1) is 7.91. The van der Waals surface area contributed by atoms with Crippen LogP contribution in [0, 0.1) is 0 Å². The van der Waals surface area contributed by atoms with E-state index in [-0.39, 0.29) is 6.16 Å². The van der Waals surface area contributed by atoms with Crippen molar-refractivity contribution < 1.29 is 24.4 Å². The average molecular weight is 256 g/mol. The van der Waals surface area contributed by atoms with Gasteiger partial charge < -0.3 is 14.8 Å². The van der Waals surface area contributed by atoms with Gasteiger partial charge in [0, 0.05) is 6.16 Å². The molecule has 0 fully saturated rings. The van der Waals surface area contributed by atoms with Crippen molar-refractivity contribution in [3.8, 4) is 0 Å². The summed E-state index contributed by atoms with van der Waals surface area (Å²) in [5, 5.41) is 17.3. The molecule has 0 atom stereocenters. The summed E-state index contributed by atoms with van der Waals surface area (Å²) in [6.07, 6.45) is -1.17. The Kier molecular flexibility index (Phi) is 4.46. The standard InChI is InChI=1S/C11H13O5P/c12-10(13)7-17(16,8-11(14)15)6-9-4-2-1-3-5-9/h1-5H,6-8H2,(H,12,13)(H,14,15). The van der Waals surface area contributed by atoms with E-state index >= 15 is 0 Å². The van der Waals surface area contributed by atoms with Gasteiger partial charge in [0.2, 0.25) is 0 Å². The lowest BCUT2D eigenvalue weighted by atomic mass is 10.2. The highest BCUT2D eigenvalue weighted by Crippen LogP contribution is 2.48. The third-order valence-corrected chi connectivity index (χ3v) is 4.80. The molecule has 0 aliphatic rings. The van der Waals surface area contributed by atoms with Crippen LogP contribution in [0.3, 0.4) is 0 Å². The number of benzene rings is 1. The molecule has 1 rings (SSSR count). The molecule has 0 heterocycles. The van der Waals surface area contributed by atoms with Crippen molar-refractivity contribution in [2.45, 2.75) is 6.16 Å². The fourth-order valence-corrected chi connectivity index (χ4v) is 3.77. The topological polar surface area (TPSA) is 91.7 Å². The molecular formula is C11H13O5P. The van der Waals surface area contributed by atoms with E-state index in [9.17, 15) is 14.2 Å². The van der Waals surface area contributed by atoms with E-state index in [0.717, 1.165) is 0 Å². The second kappa shape index (κ2) is 5.64. The number of rotatable bonds is 6. The van der Waals surface area contributed by atoms with Crippen molar-refractivity contribution in [3.05, 3.63) is 35.9 Å². The Hall–Kier alpha value is -1.61. The molecule has 6 heteroatoms. The Balaban J connectivity index is 2.87. The van der Waals surface area contributed by atoms with Crippen LogP contribution < -0.4 is 0 Å². The van der Waals surface area contributed by atoms with Crippen molar-refractivity contribution in [2.75, 3.05) is 12.3 Å². The predicted molar refractivity (Wildman–Crippen MR) is 62.8 cm³/mol. The van der Waals surface area contributed by atoms with Crippen LogP contribution in [0.15, 0.2) is 30.3 Å². The van der Waals surface area contributed by atoms with Gasteiger partial charge in [-0.15, -0.1) is 0 Å². The van der Waals surface area contributed by atoms with Gasteiger partial charge in [0.15, 0.2) is 0 Å². The van der Waals surface area contributed by atoms with Crippen LogP contribution >= 0.6 is 7.14 Å². The van der Waals surface area contributed by atoms with Gasteiger partial charge in [-0.25, -0.2) is 0 Å². The molecule has 0 aliphatic heterocycles. The van der Waals surface area contributed by atoms with Gasteiger partial charge in [0.25, 0.3) is 0 Å². The van der Waals surface area contributed by atoms with E-state index < -0.39 is 31.4 Å². The number of aliphatic carboxylic acids is 2.